The van der Waals surface area contributed by atoms with Crippen molar-refractivity contribution in [3.05, 3.63) is 29.8 Å². The van der Waals surface area contributed by atoms with Crippen LogP contribution in [0.15, 0.2) is 24.3 Å². The molecule has 1 fully saturated rings. The highest BCUT2D eigenvalue weighted by atomic mass is 16.5. The van der Waals surface area contributed by atoms with E-state index in [0.717, 1.165) is 25.4 Å². The second-order valence-corrected chi connectivity index (χ2v) is 3.64. The molecule has 16 heavy (non-hydrogen) atoms. The Morgan fingerprint density at radius 3 is 2.88 bits per heavy atom. The van der Waals surface area contributed by atoms with E-state index in [4.69, 9.17) is 14.7 Å². The first-order valence-electron chi connectivity index (χ1n) is 5.34. The average Bonchev–Trinajstić information content (AvgIpc) is 2.38. The quantitative estimate of drug-likeness (QED) is 0.819. The Balaban J connectivity index is 1.82. The Bertz CT molecular complexity index is 364. The van der Waals surface area contributed by atoms with Crippen LogP contribution in [0.25, 0.3) is 0 Å². The number of morpholine rings is 1. The van der Waals surface area contributed by atoms with Crippen LogP contribution in [-0.2, 0) is 4.74 Å². The van der Waals surface area contributed by atoms with Gasteiger partial charge < -0.3 is 14.8 Å². The maximum atomic E-state index is 8.64. The minimum atomic E-state index is 0.115. The summed E-state index contributed by atoms with van der Waals surface area (Å²) in [7, 11) is 0. The molecule has 0 bridgehead atoms. The van der Waals surface area contributed by atoms with Crippen LogP contribution in [0.4, 0.5) is 0 Å². The van der Waals surface area contributed by atoms with Gasteiger partial charge in [-0.1, -0.05) is 0 Å². The van der Waals surface area contributed by atoms with Crippen LogP contribution in [0.3, 0.4) is 0 Å². The predicted molar refractivity (Wildman–Crippen MR) is 59.3 cm³/mol. The van der Waals surface area contributed by atoms with Gasteiger partial charge >= 0.3 is 0 Å². The van der Waals surface area contributed by atoms with Gasteiger partial charge in [-0.15, -0.1) is 0 Å². The minimum absolute atomic E-state index is 0.115. The molecular formula is C12H14N2O2. The van der Waals surface area contributed by atoms with Gasteiger partial charge in [-0.25, -0.2) is 0 Å². The third kappa shape index (κ3) is 2.96. The van der Waals surface area contributed by atoms with Crippen molar-refractivity contribution in [2.24, 2.45) is 0 Å². The monoisotopic (exact) mass is 218 g/mol. The van der Waals surface area contributed by atoms with Gasteiger partial charge in [0, 0.05) is 13.1 Å². The number of hydrogen-bond donors (Lipinski definition) is 1. The van der Waals surface area contributed by atoms with E-state index in [9.17, 15) is 0 Å². The first-order valence-corrected chi connectivity index (χ1v) is 5.34. The Morgan fingerprint density at radius 2 is 2.25 bits per heavy atom. The molecule has 0 aromatic heterocycles. The highest BCUT2D eigenvalue weighted by Gasteiger charge is 2.13. The Kier molecular flexibility index (Phi) is 3.76. The molecule has 1 heterocycles. The molecule has 0 aliphatic carbocycles. The summed E-state index contributed by atoms with van der Waals surface area (Å²) in [6, 6.07) is 9.16. The molecule has 4 heteroatoms. The van der Waals surface area contributed by atoms with Crippen molar-refractivity contribution in [3.63, 3.8) is 0 Å². The topological polar surface area (TPSA) is 54.3 Å². The molecule has 0 spiro atoms. The minimum Gasteiger partial charge on any atom is -0.491 e. The van der Waals surface area contributed by atoms with Gasteiger partial charge in [0.2, 0.25) is 0 Å². The fourth-order valence-corrected chi connectivity index (χ4v) is 1.54. The maximum Gasteiger partial charge on any atom is 0.119 e. The van der Waals surface area contributed by atoms with E-state index < -0.39 is 0 Å². The summed E-state index contributed by atoms with van der Waals surface area (Å²) >= 11 is 0. The SMILES string of the molecule is N#Cc1ccc(OCC2CNCCO2)cc1. The van der Waals surface area contributed by atoms with E-state index in [0.29, 0.717) is 12.2 Å². The van der Waals surface area contributed by atoms with Gasteiger partial charge in [0.05, 0.1) is 18.2 Å². The summed E-state index contributed by atoms with van der Waals surface area (Å²) in [5.41, 5.74) is 0.642. The van der Waals surface area contributed by atoms with Crippen LogP contribution < -0.4 is 10.1 Å². The van der Waals surface area contributed by atoms with Gasteiger partial charge in [0.15, 0.2) is 0 Å². The number of nitriles is 1. The second kappa shape index (κ2) is 5.50. The lowest BCUT2D eigenvalue weighted by atomic mass is 10.2. The van der Waals surface area contributed by atoms with E-state index in [1.165, 1.54) is 0 Å². The summed E-state index contributed by atoms with van der Waals surface area (Å²) in [6.07, 6.45) is 0.115. The van der Waals surface area contributed by atoms with Crippen molar-refractivity contribution >= 4 is 0 Å². The summed E-state index contributed by atoms with van der Waals surface area (Å²) in [4.78, 5) is 0. The fraction of sp³-hybridized carbons (Fsp3) is 0.417. The molecule has 1 saturated heterocycles. The lowest BCUT2D eigenvalue weighted by Crippen LogP contribution is -2.41. The lowest BCUT2D eigenvalue weighted by molar-refractivity contribution is 0.000195. The van der Waals surface area contributed by atoms with Gasteiger partial charge in [-0.2, -0.15) is 5.26 Å². The molecule has 2 rings (SSSR count). The van der Waals surface area contributed by atoms with Gasteiger partial charge in [-0.05, 0) is 24.3 Å². The molecule has 0 saturated carbocycles. The zero-order valence-electron chi connectivity index (χ0n) is 8.98. The second-order valence-electron chi connectivity index (χ2n) is 3.64. The highest BCUT2D eigenvalue weighted by Crippen LogP contribution is 2.12. The lowest BCUT2D eigenvalue weighted by Gasteiger charge is -2.23. The summed E-state index contributed by atoms with van der Waals surface area (Å²) < 4.78 is 11.1. The fourth-order valence-electron chi connectivity index (χ4n) is 1.54. The van der Waals surface area contributed by atoms with Crippen LogP contribution in [-0.4, -0.2) is 32.4 Å². The third-order valence-corrected chi connectivity index (χ3v) is 2.42. The van der Waals surface area contributed by atoms with Crippen LogP contribution in [0, 0.1) is 11.3 Å². The Labute approximate surface area is 94.8 Å². The number of benzene rings is 1. The van der Waals surface area contributed by atoms with Crippen molar-refractivity contribution in [3.8, 4) is 11.8 Å². The van der Waals surface area contributed by atoms with E-state index in [1.54, 1.807) is 24.3 Å². The molecule has 1 aromatic rings. The predicted octanol–water partition coefficient (Wildman–Crippen LogP) is 0.925. The first-order chi connectivity index (χ1) is 7.88. The highest BCUT2D eigenvalue weighted by molar-refractivity contribution is 5.34. The van der Waals surface area contributed by atoms with Crippen LogP contribution in [0.2, 0.25) is 0 Å². The maximum absolute atomic E-state index is 8.64. The van der Waals surface area contributed by atoms with Gasteiger partial charge in [-0.3, -0.25) is 0 Å². The summed E-state index contributed by atoms with van der Waals surface area (Å²) in [6.45, 7) is 3.02. The van der Waals surface area contributed by atoms with Gasteiger partial charge in [0.1, 0.15) is 18.5 Å². The summed E-state index contributed by atoms with van der Waals surface area (Å²) in [5, 5.41) is 11.9. The normalized spacial score (nSPS) is 20.1. The van der Waals surface area contributed by atoms with Crippen molar-refractivity contribution in [2.75, 3.05) is 26.3 Å². The molecule has 0 radical (unpaired) electrons. The molecular weight excluding hydrogens is 204 g/mol. The van der Waals surface area contributed by atoms with E-state index in [1.807, 2.05) is 0 Å². The number of nitrogens with zero attached hydrogens (tertiary/aromatic N) is 1. The molecule has 1 atom stereocenters. The number of rotatable bonds is 3. The molecule has 0 amide bonds. The van der Waals surface area contributed by atoms with Crippen LogP contribution in [0.1, 0.15) is 5.56 Å². The largest absolute Gasteiger partial charge is 0.491 e. The van der Waals surface area contributed by atoms with Crippen molar-refractivity contribution in [1.82, 2.24) is 5.32 Å². The zero-order valence-corrected chi connectivity index (χ0v) is 8.98. The number of ether oxygens (including phenoxy) is 2. The van der Waals surface area contributed by atoms with Crippen molar-refractivity contribution in [1.29, 1.82) is 5.26 Å². The molecule has 1 N–H and O–H groups in total. The Morgan fingerprint density at radius 1 is 1.44 bits per heavy atom. The average molecular weight is 218 g/mol. The number of nitrogens with one attached hydrogen (secondary N) is 1. The third-order valence-electron chi connectivity index (χ3n) is 2.42. The van der Waals surface area contributed by atoms with Gasteiger partial charge in [0.25, 0.3) is 0 Å². The smallest absolute Gasteiger partial charge is 0.119 e. The summed E-state index contributed by atoms with van der Waals surface area (Å²) in [5.74, 6) is 0.771. The molecule has 4 nitrogen and oxygen atoms in total. The zero-order chi connectivity index (χ0) is 11.2. The van der Waals surface area contributed by atoms with Crippen LogP contribution in [0.5, 0.6) is 5.75 Å². The number of hydrogen-bond acceptors (Lipinski definition) is 4. The van der Waals surface area contributed by atoms with Crippen molar-refractivity contribution in [2.45, 2.75) is 6.10 Å². The van der Waals surface area contributed by atoms with Crippen LogP contribution >= 0.6 is 0 Å². The molecule has 1 unspecified atom stereocenters. The Hall–Kier alpha value is -1.57. The molecule has 1 aliphatic rings. The molecule has 1 aliphatic heterocycles. The first kappa shape index (κ1) is 10.9. The van der Waals surface area contributed by atoms with E-state index in [2.05, 4.69) is 11.4 Å². The van der Waals surface area contributed by atoms with E-state index >= 15 is 0 Å². The standard InChI is InChI=1S/C12H14N2O2/c13-7-10-1-3-11(4-2-10)16-9-12-8-14-5-6-15-12/h1-4,12,14H,5-6,8-9H2. The molecule has 1 aromatic carbocycles. The molecule has 84 valence electrons. The van der Waals surface area contributed by atoms with Crippen molar-refractivity contribution < 1.29 is 9.47 Å². The van der Waals surface area contributed by atoms with E-state index in [-0.39, 0.29) is 6.10 Å².